The van der Waals surface area contributed by atoms with E-state index in [1.54, 1.807) is 7.11 Å². The van der Waals surface area contributed by atoms with Crippen LogP contribution in [0.4, 0.5) is 0 Å². The third-order valence-corrected chi connectivity index (χ3v) is 5.16. The van der Waals surface area contributed by atoms with Gasteiger partial charge in [0.05, 0.1) is 0 Å². The molecule has 2 rings (SSSR count). The molecule has 0 saturated heterocycles. The summed E-state index contributed by atoms with van der Waals surface area (Å²) in [6.45, 7) is -1.99. The monoisotopic (exact) mass is 214 g/mol. The minimum atomic E-state index is -1.99. The largest absolute Gasteiger partial charge is 0.443 e. The van der Waals surface area contributed by atoms with Crippen LogP contribution in [0.15, 0.2) is 24.3 Å². The Bertz CT molecular complexity index is 364. The van der Waals surface area contributed by atoms with Gasteiger partial charge in [-0.2, -0.15) is 0 Å². The molecule has 70 valence electrons. The Hall–Kier alpha value is -0.370. The molecule has 1 aliphatic rings. The van der Waals surface area contributed by atoms with Gasteiger partial charge in [-0.3, -0.25) is 0 Å². The van der Waals surface area contributed by atoms with Crippen molar-refractivity contribution in [3.63, 3.8) is 0 Å². The molecule has 2 nitrogen and oxygen atoms in total. The molecule has 1 unspecified atom stereocenters. The van der Waals surface area contributed by atoms with Crippen molar-refractivity contribution in [2.45, 2.75) is 6.42 Å². The van der Waals surface area contributed by atoms with Gasteiger partial charge in [-0.15, -0.1) is 0 Å². The Morgan fingerprint density at radius 2 is 2.23 bits per heavy atom. The van der Waals surface area contributed by atoms with Crippen LogP contribution >= 0.6 is 6.49 Å². The van der Waals surface area contributed by atoms with Crippen molar-refractivity contribution in [3.8, 4) is 5.75 Å². The summed E-state index contributed by atoms with van der Waals surface area (Å²) in [5, 5.41) is 0. The highest BCUT2D eigenvalue weighted by Crippen LogP contribution is 2.52. The quantitative estimate of drug-likeness (QED) is 0.669. The van der Waals surface area contributed by atoms with E-state index in [0.29, 0.717) is 0 Å². The third kappa shape index (κ3) is 1.78. The minimum absolute atomic E-state index is 0.843. The fourth-order valence-electron chi connectivity index (χ4n) is 1.38. The summed E-state index contributed by atoms with van der Waals surface area (Å²) in [6.07, 6.45) is 1.82. The maximum absolute atomic E-state index is 5.67. The van der Waals surface area contributed by atoms with Crippen LogP contribution in [0, 0.1) is 0 Å². The van der Waals surface area contributed by atoms with Gasteiger partial charge in [0.2, 0.25) is 6.49 Å². The molecule has 0 aliphatic carbocycles. The summed E-state index contributed by atoms with van der Waals surface area (Å²) in [6, 6.07) is 8.00. The predicted octanol–water partition coefficient (Wildman–Crippen LogP) is 2.58. The summed E-state index contributed by atoms with van der Waals surface area (Å²) in [5.74, 6) is 0.902. The zero-order chi connectivity index (χ0) is 9.31. The molecule has 13 heavy (non-hydrogen) atoms. The number of fused-ring (bicyclic) bond motifs is 1. The molecule has 4 heteroatoms. The number of aryl methyl sites for hydroxylation is 1. The Balaban J connectivity index is 2.35. The Kier molecular flexibility index (Phi) is 2.41. The van der Waals surface area contributed by atoms with Crippen LogP contribution in [0.1, 0.15) is 5.56 Å². The second-order valence-electron chi connectivity index (χ2n) is 2.97. The van der Waals surface area contributed by atoms with Crippen LogP contribution in [0.3, 0.4) is 0 Å². The van der Waals surface area contributed by atoms with Crippen LogP contribution in [-0.4, -0.2) is 13.3 Å². The van der Waals surface area contributed by atoms with Crippen molar-refractivity contribution in [1.82, 2.24) is 0 Å². The van der Waals surface area contributed by atoms with E-state index in [9.17, 15) is 0 Å². The van der Waals surface area contributed by atoms with Crippen LogP contribution in [-0.2, 0) is 22.8 Å². The minimum Gasteiger partial charge on any atom is -0.443 e. The lowest BCUT2D eigenvalue weighted by Gasteiger charge is -2.27. The van der Waals surface area contributed by atoms with Gasteiger partial charge in [0.1, 0.15) is 5.75 Å². The van der Waals surface area contributed by atoms with Crippen molar-refractivity contribution in [3.05, 3.63) is 29.8 Å². The Morgan fingerprint density at radius 3 is 3.00 bits per heavy atom. The molecule has 0 bridgehead atoms. The van der Waals surface area contributed by atoms with Crippen LogP contribution in [0.25, 0.3) is 0 Å². The Morgan fingerprint density at radius 1 is 1.46 bits per heavy atom. The van der Waals surface area contributed by atoms with E-state index in [1.165, 1.54) is 5.56 Å². The first-order valence-electron chi connectivity index (χ1n) is 4.16. The molecule has 1 atom stereocenters. The van der Waals surface area contributed by atoms with Crippen molar-refractivity contribution in [1.29, 1.82) is 0 Å². The summed E-state index contributed by atoms with van der Waals surface area (Å²) in [7, 11) is 1.63. The van der Waals surface area contributed by atoms with Crippen LogP contribution < -0.4 is 4.52 Å². The fourth-order valence-corrected chi connectivity index (χ4v) is 3.24. The van der Waals surface area contributed by atoms with Gasteiger partial charge in [-0.05, 0) is 29.9 Å². The molecule has 1 heterocycles. The molecule has 0 N–H and O–H groups in total. The zero-order valence-corrected chi connectivity index (χ0v) is 9.11. The van der Waals surface area contributed by atoms with E-state index >= 15 is 0 Å². The molecule has 0 fully saturated rings. The first kappa shape index (κ1) is 9.20. The van der Waals surface area contributed by atoms with Gasteiger partial charge >= 0.3 is 0 Å². The normalized spacial score (nSPS) is 26.2. The van der Waals surface area contributed by atoms with E-state index < -0.39 is 6.49 Å². The third-order valence-electron chi connectivity index (χ3n) is 2.14. The molecule has 1 aliphatic heterocycles. The number of rotatable bonds is 1. The van der Waals surface area contributed by atoms with Crippen LogP contribution in [0.5, 0.6) is 5.75 Å². The average Bonchev–Trinajstić information content (AvgIpc) is 2.18. The molecule has 0 radical (unpaired) electrons. The lowest BCUT2D eigenvalue weighted by atomic mass is 10.1. The first-order chi connectivity index (χ1) is 6.23. The van der Waals surface area contributed by atoms with Crippen LogP contribution in [0.2, 0.25) is 0 Å². The number of benzene rings is 1. The summed E-state index contributed by atoms with van der Waals surface area (Å²) in [5.41, 5.74) is 1.24. The number of para-hydroxylation sites is 1. The SMILES string of the molecule is COP1(=S)CCc2ccccc2O1. The van der Waals surface area contributed by atoms with E-state index in [4.69, 9.17) is 20.9 Å². The maximum Gasteiger partial charge on any atom is 0.238 e. The van der Waals surface area contributed by atoms with E-state index in [-0.39, 0.29) is 0 Å². The lowest BCUT2D eigenvalue weighted by Crippen LogP contribution is -2.09. The molecular weight excluding hydrogens is 203 g/mol. The summed E-state index contributed by atoms with van der Waals surface area (Å²) in [4.78, 5) is 0. The second kappa shape index (κ2) is 3.41. The van der Waals surface area contributed by atoms with E-state index in [0.717, 1.165) is 18.3 Å². The van der Waals surface area contributed by atoms with Gasteiger partial charge in [-0.1, -0.05) is 18.2 Å². The topological polar surface area (TPSA) is 18.5 Å². The molecule has 0 spiro atoms. The smallest absolute Gasteiger partial charge is 0.238 e. The van der Waals surface area contributed by atoms with Crippen molar-refractivity contribution < 1.29 is 9.05 Å². The highest BCUT2D eigenvalue weighted by molar-refractivity contribution is 8.10. The van der Waals surface area contributed by atoms with Gasteiger partial charge in [0.15, 0.2) is 0 Å². The summed E-state index contributed by atoms with van der Waals surface area (Å²) < 4.78 is 10.9. The Labute approximate surface area is 83.0 Å². The number of hydrogen-bond donors (Lipinski definition) is 0. The first-order valence-corrected chi connectivity index (χ1v) is 6.98. The fraction of sp³-hybridized carbons (Fsp3) is 0.333. The molecule has 0 aromatic heterocycles. The molecule has 0 amide bonds. The van der Waals surface area contributed by atoms with Crippen molar-refractivity contribution >= 4 is 18.3 Å². The second-order valence-corrected chi connectivity index (χ2v) is 6.85. The lowest BCUT2D eigenvalue weighted by molar-refractivity contribution is 0.384. The van der Waals surface area contributed by atoms with Gasteiger partial charge in [0, 0.05) is 13.3 Å². The number of hydrogen-bond acceptors (Lipinski definition) is 3. The van der Waals surface area contributed by atoms with Crippen molar-refractivity contribution in [2.75, 3.05) is 13.3 Å². The van der Waals surface area contributed by atoms with Crippen molar-refractivity contribution in [2.24, 2.45) is 0 Å². The molecular formula is C9H11O2PS. The zero-order valence-electron chi connectivity index (χ0n) is 7.40. The molecule has 0 saturated carbocycles. The standard InChI is InChI=1S/C9H11O2PS/c1-10-12(13)7-6-8-4-2-3-5-9(8)11-12/h2-5H,6-7H2,1H3. The highest BCUT2D eigenvalue weighted by Gasteiger charge is 2.25. The van der Waals surface area contributed by atoms with E-state index in [2.05, 4.69) is 6.07 Å². The summed E-state index contributed by atoms with van der Waals surface area (Å²) >= 11 is 5.30. The van der Waals surface area contributed by atoms with Gasteiger partial charge in [-0.25, -0.2) is 0 Å². The van der Waals surface area contributed by atoms with Gasteiger partial charge < -0.3 is 9.05 Å². The average molecular weight is 214 g/mol. The highest BCUT2D eigenvalue weighted by atomic mass is 32.5. The molecule has 1 aromatic carbocycles. The van der Waals surface area contributed by atoms with Gasteiger partial charge in [0.25, 0.3) is 0 Å². The maximum atomic E-state index is 5.67. The van der Waals surface area contributed by atoms with E-state index in [1.807, 2.05) is 18.2 Å². The molecule has 1 aromatic rings. The predicted molar refractivity (Wildman–Crippen MR) is 56.9 cm³/mol.